The molecule has 9 heterocycles. The van der Waals surface area contributed by atoms with Crippen LogP contribution in [0.5, 0.6) is 0 Å². The Morgan fingerprint density at radius 1 is 0.375 bits per heavy atom. The molecular formula is C48H50N8O12S4. The van der Waals surface area contributed by atoms with Gasteiger partial charge < -0.3 is 29.6 Å². The highest BCUT2D eigenvalue weighted by molar-refractivity contribution is 7.86. The maximum atomic E-state index is 11.6. The minimum absolute atomic E-state index is 0.0667. The van der Waals surface area contributed by atoms with Crippen molar-refractivity contribution in [2.24, 2.45) is 0 Å². The van der Waals surface area contributed by atoms with Crippen molar-refractivity contribution in [3.8, 4) is 0 Å². The van der Waals surface area contributed by atoms with Gasteiger partial charge in [-0.25, -0.2) is 9.97 Å². The summed E-state index contributed by atoms with van der Waals surface area (Å²) in [6.45, 7) is 1.59. The first-order chi connectivity index (χ1) is 34.1. The van der Waals surface area contributed by atoms with Crippen molar-refractivity contribution in [3.63, 3.8) is 0 Å². The molecule has 8 bridgehead atoms. The van der Waals surface area contributed by atoms with Gasteiger partial charge in [0, 0.05) is 96.7 Å². The van der Waals surface area contributed by atoms with E-state index in [9.17, 15) is 51.9 Å². The maximum absolute atomic E-state index is 11.6. The smallest absolute Gasteiger partial charge is 0.266 e. The first-order valence-corrected chi connectivity index (χ1v) is 29.0. The van der Waals surface area contributed by atoms with Crippen LogP contribution in [-0.4, -0.2) is 167 Å². The number of allylic oxidation sites excluding steroid dienone is 8. The lowest BCUT2D eigenvalue weighted by Gasteiger charge is -2.23. The van der Waals surface area contributed by atoms with Crippen LogP contribution in [0.4, 0.5) is 0 Å². The van der Waals surface area contributed by atoms with Crippen LogP contribution in [-0.2, 0) is 40.5 Å². The minimum atomic E-state index is -4.20. The lowest BCUT2D eigenvalue weighted by Crippen LogP contribution is -2.26. The highest BCUT2D eigenvalue weighted by Gasteiger charge is 2.23. The Labute approximate surface area is 416 Å². The molecule has 0 unspecified atom stereocenters. The molecule has 0 saturated heterocycles. The van der Waals surface area contributed by atoms with Crippen LogP contribution in [0.15, 0.2) is 97.7 Å². The molecule has 24 heteroatoms. The van der Waals surface area contributed by atoms with Crippen molar-refractivity contribution >= 4 is 109 Å². The standard InChI is InChI=1S/C48H50N8O12S4/c57-69(58,59)29-25-53-17-9-33(10-18-53)45-37-1-2-38(49-37)46(34-11-19-54(20-12-34)26-30-70(60,61)62)40-5-6-42(51-40)48(36-15-23-56(24-16-36)28-32-72(66,67)68)44-8-7-43(52-44)47(41-4-3-39(45)50-41)35-13-21-55(22-14-35)27-31-71(63,64)65/h1-17,19,21,23,49,52H,18,20,22,24-32H2,(H,57,58,59)(H,60,61,62)(H,63,64,65)(H,66,67,68). The number of nitrogens with one attached hydrogen (secondary N) is 2. The van der Waals surface area contributed by atoms with Gasteiger partial charge in [0.15, 0.2) is 0 Å². The van der Waals surface area contributed by atoms with E-state index in [-0.39, 0.29) is 26.2 Å². The van der Waals surface area contributed by atoms with Crippen LogP contribution < -0.4 is 0 Å². The second-order valence-corrected chi connectivity index (χ2v) is 23.8. The fourth-order valence-corrected chi connectivity index (χ4v) is 10.7. The molecule has 72 heavy (non-hydrogen) atoms. The highest BCUT2D eigenvalue weighted by atomic mass is 32.2. The summed E-state index contributed by atoms with van der Waals surface area (Å²) in [6.07, 6.45) is 29.9. The second kappa shape index (κ2) is 20.1. The highest BCUT2D eigenvalue weighted by Crippen LogP contribution is 2.37. The molecule has 6 aliphatic heterocycles. The van der Waals surface area contributed by atoms with Gasteiger partial charge in [0.2, 0.25) is 0 Å². The van der Waals surface area contributed by atoms with Crippen molar-refractivity contribution < 1.29 is 51.9 Å². The number of fused-ring (bicyclic) bond motifs is 8. The Hall–Kier alpha value is -6.64. The zero-order chi connectivity index (χ0) is 51.0. The lowest BCUT2D eigenvalue weighted by atomic mass is 10.0. The van der Waals surface area contributed by atoms with Gasteiger partial charge in [0.1, 0.15) is 0 Å². The van der Waals surface area contributed by atoms with Crippen LogP contribution in [0, 0.1) is 0 Å². The van der Waals surface area contributed by atoms with Gasteiger partial charge >= 0.3 is 0 Å². The van der Waals surface area contributed by atoms with Gasteiger partial charge in [-0.3, -0.25) is 18.2 Å². The molecule has 0 aromatic carbocycles. The maximum Gasteiger partial charge on any atom is 0.266 e. The number of nitrogens with zero attached hydrogens (tertiary/aromatic N) is 6. The third-order valence-electron chi connectivity index (χ3n) is 12.5. The van der Waals surface area contributed by atoms with Crippen molar-refractivity contribution in [2.45, 2.75) is 0 Å². The number of aromatic amines is 2. The molecule has 0 atom stereocenters. The third kappa shape index (κ3) is 12.3. The Bertz CT molecular complexity index is 3220. The van der Waals surface area contributed by atoms with Crippen molar-refractivity contribution in [1.82, 2.24) is 39.5 Å². The third-order valence-corrected chi connectivity index (χ3v) is 15.3. The molecule has 6 N–H and O–H groups in total. The van der Waals surface area contributed by atoms with Gasteiger partial charge in [0.25, 0.3) is 40.5 Å². The van der Waals surface area contributed by atoms with E-state index in [1.165, 1.54) is 0 Å². The van der Waals surface area contributed by atoms with E-state index in [1.807, 2.05) is 97.2 Å². The van der Waals surface area contributed by atoms with E-state index in [0.29, 0.717) is 71.0 Å². The number of hydrogen-bond acceptors (Lipinski definition) is 14. The zero-order valence-electron chi connectivity index (χ0n) is 38.4. The normalized spacial score (nSPS) is 17.2. The van der Waals surface area contributed by atoms with Crippen molar-refractivity contribution in [3.05, 3.63) is 143 Å². The van der Waals surface area contributed by atoms with E-state index in [1.54, 1.807) is 44.4 Å². The summed E-state index contributed by atoms with van der Waals surface area (Å²) in [6, 6.07) is 7.74. The first kappa shape index (κ1) is 50.3. The number of H-pyrrole nitrogens is 2. The number of aromatic nitrogens is 4. The molecule has 3 aromatic rings. The zero-order valence-corrected chi connectivity index (χ0v) is 41.7. The second-order valence-electron chi connectivity index (χ2n) is 17.5. The van der Waals surface area contributed by atoms with Gasteiger partial charge in [0.05, 0.1) is 45.8 Å². The fraction of sp³-hybridized carbons (Fsp3) is 0.250. The molecule has 0 radical (unpaired) electrons. The molecule has 0 saturated carbocycles. The van der Waals surface area contributed by atoms with E-state index in [4.69, 9.17) is 9.97 Å². The van der Waals surface area contributed by atoms with E-state index in [2.05, 4.69) is 9.97 Å². The molecule has 3 aromatic heterocycles. The van der Waals surface area contributed by atoms with Crippen LogP contribution in [0.2, 0.25) is 0 Å². The van der Waals surface area contributed by atoms with Crippen LogP contribution in [0.25, 0.3) is 68.7 Å². The van der Waals surface area contributed by atoms with Crippen molar-refractivity contribution in [1.29, 1.82) is 0 Å². The average Bonchev–Trinajstić information content (AvgIpc) is 4.18. The summed E-state index contributed by atoms with van der Waals surface area (Å²) in [4.78, 5) is 25.0. The Morgan fingerprint density at radius 3 is 0.778 bits per heavy atom. The molecule has 6 aliphatic rings. The monoisotopic (exact) mass is 1060 g/mol. The summed E-state index contributed by atoms with van der Waals surface area (Å²) >= 11 is 0. The lowest BCUT2D eigenvalue weighted by molar-refractivity contribution is 0.420. The summed E-state index contributed by atoms with van der Waals surface area (Å²) in [5, 5.41) is 0. The van der Waals surface area contributed by atoms with Crippen LogP contribution in [0.3, 0.4) is 0 Å². The van der Waals surface area contributed by atoms with E-state index >= 15 is 0 Å². The van der Waals surface area contributed by atoms with E-state index in [0.717, 1.165) is 44.5 Å². The molecule has 378 valence electrons. The Morgan fingerprint density at radius 2 is 0.597 bits per heavy atom. The van der Waals surface area contributed by atoms with Gasteiger partial charge in [-0.15, -0.1) is 0 Å². The minimum Gasteiger partial charge on any atom is -0.373 e. The van der Waals surface area contributed by atoms with E-state index < -0.39 is 63.5 Å². The molecular weight excluding hydrogens is 1010 g/mol. The van der Waals surface area contributed by atoms with Crippen LogP contribution >= 0.6 is 0 Å². The molecule has 9 rings (SSSR count). The Kier molecular flexibility index (Phi) is 14.0. The summed E-state index contributed by atoms with van der Waals surface area (Å²) < 4.78 is 131. The predicted octanol–water partition coefficient (Wildman–Crippen LogP) is 5.06. The summed E-state index contributed by atoms with van der Waals surface area (Å²) in [5.74, 6) is -1.79. The largest absolute Gasteiger partial charge is 0.373 e. The molecule has 0 spiro atoms. The fourth-order valence-electron chi connectivity index (χ4n) is 8.88. The SMILES string of the molecule is O=S(=O)(O)CCN1C=CC(c2c3nc(c(C4=CCN(CCS(=O)(=O)O)C=C4)c4ccc([nH]4)c(C4=CCN(CCS(=O)(=O)O)C=C4)c4nc(c(C5=CCN(CCS(=O)(=O)O)C=C5)c5ccc2[nH]5)C=C4)C=C3)=CC1. The van der Waals surface area contributed by atoms with Gasteiger partial charge in [-0.1, -0.05) is 24.3 Å². The van der Waals surface area contributed by atoms with Crippen molar-refractivity contribution in [2.75, 3.05) is 75.4 Å². The Balaban J connectivity index is 1.27. The van der Waals surface area contributed by atoms with Gasteiger partial charge in [-0.05, 0) is 120 Å². The molecule has 20 nitrogen and oxygen atoms in total. The number of hydrogen-bond donors (Lipinski definition) is 6. The summed E-state index contributed by atoms with van der Waals surface area (Å²) in [7, 11) is -16.8. The quantitative estimate of drug-likeness (QED) is 0.0704. The topological polar surface area (TPSA) is 288 Å². The molecule has 0 aliphatic carbocycles. The first-order valence-electron chi connectivity index (χ1n) is 22.6. The molecule has 0 fully saturated rings. The summed E-state index contributed by atoms with van der Waals surface area (Å²) in [5.41, 5.74) is 11.1. The van der Waals surface area contributed by atoms with Gasteiger partial charge in [-0.2, -0.15) is 33.7 Å². The molecule has 0 amide bonds. The van der Waals surface area contributed by atoms with Crippen LogP contribution in [0.1, 0.15) is 45.0 Å². The average molecular weight is 1060 g/mol. The number of rotatable bonds is 16. The predicted molar refractivity (Wildman–Crippen MR) is 279 cm³/mol.